The summed E-state index contributed by atoms with van der Waals surface area (Å²) in [5.74, 6) is 0.176. The van der Waals surface area contributed by atoms with E-state index in [2.05, 4.69) is 15.3 Å². The van der Waals surface area contributed by atoms with E-state index in [1.807, 2.05) is 13.0 Å². The molecule has 1 amide bonds. The van der Waals surface area contributed by atoms with Crippen molar-refractivity contribution in [2.24, 2.45) is 7.05 Å². The van der Waals surface area contributed by atoms with Gasteiger partial charge in [-0.15, -0.1) is 0 Å². The summed E-state index contributed by atoms with van der Waals surface area (Å²) >= 11 is 6.07. The smallest absolute Gasteiger partial charge is 0.269 e. The minimum Gasteiger partial charge on any atom is -0.508 e. The van der Waals surface area contributed by atoms with Gasteiger partial charge in [-0.2, -0.15) is 5.10 Å². The summed E-state index contributed by atoms with van der Waals surface area (Å²) in [6.07, 6.45) is 3.94. The average molecular weight is 433 g/mol. The van der Waals surface area contributed by atoms with E-state index in [-0.39, 0.29) is 23.4 Å². The maximum absolute atomic E-state index is 12.4. The van der Waals surface area contributed by atoms with E-state index in [9.17, 15) is 9.90 Å². The molecule has 1 atom stereocenters. The van der Waals surface area contributed by atoms with E-state index >= 15 is 0 Å². The Morgan fingerprint density at radius 1 is 1.33 bits per heavy atom. The van der Waals surface area contributed by atoms with Gasteiger partial charge in [0.1, 0.15) is 11.4 Å². The van der Waals surface area contributed by atoms with Crippen LogP contribution in [0.15, 0.2) is 24.3 Å². The van der Waals surface area contributed by atoms with Crippen LogP contribution in [0.3, 0.4) is 0 Å². The lowest BCUT2D eigenvalue weighted by Gasteiger charge is -2.39. The predicted octanol–water partition coefficient (Wildman–Crippen LogP) is 3.03. The van der Waals surface area contributed by atoms with Gasteiger partial charge in [0.15, 0.2) is 0 Å². The highest BCUT2D eigenvalue weighted by atomic mass is 35.5. The molecule has 2 N–H and O–H groups in total. The summed E-state index contributed by atoms with van der Waals surface area (Å²) < 4.78 is 8.02. The van der Waals surface area contributed by atoms with Crippen molar-refractivity contribution in [1.29, 1.82) is 0 Å². The number of nitrogens with zero attached hydrogens (tertiary/aromatic N) is 3. The molecule has 2 saturated heterocycles. The molecule has 2 fully saturated rings. The molecule has 7 nitrogen and oxygen atoms in total. The van der Waals surface area contributed by atoms with Crippen molar-refractivity contribution in [1.82, 2.24) is 20.0 Å². The lowest BCUT2D eigenvalue weighted by Crippen LogP contribution is -2.45. The molecule has 4 rings (SSSR count). The van der Waals surface area contributed by atoms with Gasteiger partial charge in [0.05, 0.1) is 17.4 Å². The van der Waals surface area contributed by atoms with E-state index in [1.54, 1.807) is 29.9 Å². The van der Waals surface area contributed by atoms with E-state index in [0.717, 1.165) is 50.0 Å². The van der Waals surface area contributed by atoms with Gasteiger partial charge in [-0.1, -0.05) is 11.6 Å². The van der Waals surface area contributed by atoms with Crippen LogP contribution < -0.4 is 5.32 Å². The molecule has 1 spiro atoms. The number of amides is 1. The molecule has 2 aromatic rings. The van der Waals surface area contributed by atoms with Gasteiger partial charge in [0.2, 0.25) is 0 Å². The van der Waals surface area contributed by atoms with Crippen LogP contribution in [0.2, 0.25) is 5.02 Å². The van der Waals surface area contributed by atoms with Gasteiger partial charge in [0, 0.05) is 43.8 Å². The van der Waals surface area contributed by atoms with Crippen molar-refractivity contribution < 1.29 is 14.6 Å². The molecule has 162 valence electrons. The monoisotopic (exact) mass is 432 g/mol. The third-order valence-electron chi connectivity index (χ3n) is 6.27. The Hall–Kier alpha value is -2.09. The number of aryl methyl sites for hydroxylation is 2. The highest BCUT2D eigenvalue weighted by Crippen LogP contribution is 2.39. The molecular formula is C22H29ClN4O3. The Morgan fingerprint density at radius 2 is 2.10 bits per heavy atom. The van der Waals surface area contributed by atoms with Gasteiger partial charge < -0.3 is 15.2 Å². The average Bonchev–Trinajstić information content (AvgIpc) is 3.27. The van der Waals surface area contributed by atoms with Crippen LogP contribution in [-0.2, 0) is 18.3 Å². The summed E-state index contributed by atoms with van der Waals surface area (Å²) in [5.41, 5.74) is 2.16. The molecule has 0 radical (unpaired) electrons. The van der Waals surface area contributed by atoms with Crippen molar-refractivity contribution >= 4 is 17.5 Å². The molecule has 3 heterocycles. The fourth-order valence-corrected chi connectivity index (χ4v) is 4.76. The Kier molecular flexibility index (Phi) is 6.04. The number of carbonyl (C=O) groups is 1. The Labute approximate surface area is 182 Å². The number of hydrogen-bond donors (Lipinski definition) is 2. The minimum atomic E-state index is -0.112. The van der Waals surface area contributed by atoms with Crippen molar-refractivity contribution in [3.63, 3.8) is 0 Å². The van der Waals surface area contributed by atoms with Crippen LogP contribution in [0.25, 0.3) is 0 Å². The number of nitrogens with one attached hydrogen (secondary N) is 1. The largest absolute Gasteiger partial charge is 0.508 e. The van der Waals surface area contributed by atoms with Gasteiger partial charge >= 0.3 is 0 Å². The zero-order chi connectivity index (χ0) is 21.3. The van der Waals surface area contributed by atoms with Crippen LogP contribution in [0.4, 0.5) is 0 Å². The molecular weight excluding hydrogens is 404 g/mol. The lowest BCUT2D eigenvalue weighted by molar-refractivity contribution is -0.0765. The summed E-state index contributed by atoms with van der Waals surface area (Å²) in [4.78, 5) is 14.7. The number of aromatic nitrogens is 2. The molecule has 0 unspecified atom stereocenters. The quantitative estimate of drug-likeness (QED) is 0.759. The summed E-state index contributed by atoms with van der Waals surface area (Å²) in [6, 6.07) is 6.97. The summed E-state index contributed by atoms with van der Waals surface area (Å²) in [7, 11) is 1.78. The van der Waals surface area contributed by atoms with Crippen molar-refractivity contribution in [3.8, 4) is 5.75 Å². The number of carbonyl (C=O) groups excluding carboxylic acids is 1. The number of halogens is 1. The third kappa shape index (κ3) is 4.63. The molecule has 8 heteroatoms. The molecule has 0 saturated carbocycles. The van der Waals surface area contributed by atoms with Crippen molar-refractivity contribution in [2.45, 2.75) is 50.9 Å². The zero-order valence-electron chi connectivity index (χ0n) is 17.5. The highest BCUT2D eigenvalue weighted by Gasteiger charge is 2.42. The first kappa shape index (κ1) is 21.2. The normalized spacial score (nSPS) is 21.2. The fourth-order valence-electron chi connectivity index (χ4n) is 4.57. The summed E-state index contributed by atoms with van der Waals surface area (Å²) in [6.45, 7) is 4.91. The molecule has 30 heavy (non-hydrogen) atoms. The number of phenols is 1. The predicted molar refractivity (Wildman–Crippen MR) is 115 cm³/mol. The SMILES string of the molecule is Cc1cc(C(=O)NC[C@H]2CCC3(CCN(Cc4cc(Cl)ccc4O)CC3)O2)n(C)n1. The highest BCUT2D eigenvalue weighted by molar-refractivity contribution is 6.30. The van der Waals surface area contributed by atoms with Crippen LogP contribution in [0.1, 0.15) is 47.4 Å². The maximum atomic E-state index is 12.4. The van der Waals surface area contributed by atoms with Gasteiger partial charge in [-0.05, 0) is 56.9 Å². The van der Waals surface area contributed by atoms with Gasteiger partial charge in [-0.25, -0.2) is 0 Å². The molecule has 2 aliphatic rings. The number of aromatic hydroxyl groups is 1. The van der Waals surface area contributed by atoms with Crippen LogP contribution in [0.5, 0.6) is 5.75 Å². The first-order valence-electron chi connectivity index (χ1n) is 10.5. The minimum absolute atomic E-state index is 0.0480. The number of ether oxygens (including phenoxy) is 1. The van der Waals surface area contributed by atoms with Gasteiger partial charge in [-0.3, -0.25) is 14.4 Å². The standard InChI is InChI=1S/C22H29ClN4O3/c1-15-11-19(26(2)25-15)21(29)24-13-18-5-6-22(30-18)7-9-27(10-8-22)14-16-12-17(23)3-4-20(16)28/h3-4,11-12,18,28H,5-10,13-14H2,1-2H3,(H,24,29)/t18-/m1/s1. The van der Waals surface area contributed by atoms with E-state index in [1.165, 1.54) is 0 Å². The van der Waals surface area contributed by atoms with E-state index in [0.29, 0.717) is 23.8 Å². The Bertz CT molecular complexity index is 921. The summed E-state index contributed by atoms with van der Waals surface area (Å²) in [5, 5.41) is 17.9. The number of benzene rings is 1. The maximum Gasteiger partial charge on any atom is 0.269 e. The van der Waals surface area contributed by atoms with Crippen LogP contribution in [0, 0.1) is 6.92 Å². The number of hydrogen-bond acceptors (Lipinski definition) is 5. The Balaban J connectivity index is 1.26. The van der Waals surface area contributed by atoms with Gasteiger partial charge in [0.25, 0.3) is 5.91 Å². The van der Waals surface area contributed by atoms with Crippen molar-refractivity contribution in [2.75, 3.05) is 19.6 Å². The zero-order valence-corrected chi connectivity index (χ0v) is 18.3. The van der Waals surface area contributed by atoms with E-state index < -0.39 is 0 Å². The molecule has 0 bridgehead atoms. The first-order valence-corrected chi connectivity index (χ1v) is 10.9. The third-order valence-corrected chi connectivity index (χ3v) is 6.50. The first-order chi connectivity index (χ1) is 14.3. The second-order valence-corrected chi connectivity index (χ2v) is 8.95. The second-order valence-electron chi connectivity index (χ2n) is 8.52. The van der Waals surface area contributed by atoms with Crippen LogP contribution in [-0.4, -0.2) is 57.0 Å². The topological polar surface area (TPSA) is 79.6 Å². The Morgan fingerprint density at radius 3 is 2.80 bits per heavy atom. The molecule has 2 aliphatic heterocycles. The van der Waals surface area contributed by atoms with Crippen LogP contribution >= 0.6 is 11.6 Å². The fraction of sp³-hybridized carbons (Fsp3) is 0.545. The second kappa shape index (κ2) is 8.57. The number of piperidine rings is 1. The molecule has 1 aromatic heterocycles. The van der Waals surface area contributed by atoms with Crippen molar-refractivity contribution in [3.05, 3.63) is 46.2 Å². The molecule has 0 aliphatic carbocycles. The molecule has 1 aromatic carbocycles. The number of likely N-dealkylation sites (tertiary alicyclic amines) is 1. The number of rotatable bonds is 5. The van der Waals surface area contributed by atoms with E-state index in [4.69, 9.17) is 16.3 Å². The lowest BCUT2D eigenvalue weighted by atomic mass is 9.88. The number of phenolic OH excluding ortho intramolecular Hbond substituents is 1.